The number of esters is 1. The third-order valence-electron chi connectivity index (χ3n) is 5.59. The zero-order valence-electron chi connectivity index (χ0n) is 22.3. The van der Waals surface area contributed by atoms with Gasteiger partial charge in [-0.3, -0.25) is 4.79 Å². The number of rotatable bonds is 27. The first-order valence-electron chi connectivity index (χ1n) is 13.5. The van der Waals surface area contributed by atoms with E-state index in [0.29, 0.717) is 59.1 Å². The Bertz CT molecular complexity index is 472. The van der Waals surface area contributed by atoms with Gasteiger partial charge in [0.2, 0.25) is 0 Å². The molecule has 0 aliphatic rings. The van der Waals surface area contributed by atoms with Crippen LogP contribution < -0.4 is 0 Å². The summed E-state index contributed by atoms with van der Waals surface area (Å²) in [5, 5.41) is 19.2. The van der Waals surface area contributed by atoms with Crippen LogP contribution in [0, 0.1) is 0 Å². The van der Waals surface area contributed by atoms with E-state index in [2.05, 4.69) is 23.8 Å². The topological polar surface area (TPSA) is 104 Å². The summed E-state index contributed by atoms with van der Waals surface area (Å²) in [6.07, 6.45) is 15.2. The average molecular weight is 505 g/mol. The third-order valence-corrected chi connectivity index (χ3v) is 5.59. The molecule has 208 valence electrons. The van der Waals surface area contributed by atoms with E-state index in [-0.39, 0.29) is 18.7 Å². The number of allylic oxidation sites excluding steroid dienone is 1. The fourth-order valence-electron chi connectivity index (χ4n) is 3.50. The highest BCUT2D eigenvalue weighted by atomic mass is 16.6. The maximum atomic E-state index is 11.1. The first kappa shape index (κ1) is 34.0. The largest absolute Gasteiger partial charge is 0.469 e. The van der Waals surface area contributed by atoms with Crippen molar-refractivity contribution in [3.63, 3.8) is 0 Å². The van der Waals surface area contributed by atoms with Gasteiger partial charge in [-0.15, -0.1) is 0 Å². The molecule has 0 spiro atoms. The minimum Gasteiger partial charge on any atom is -0.469 e. The Morgan fingerprint density at radius 2 is 1.43 bits per heavy atom. The normalized spacial score (nSPS) is 13.4. The highest BCUT2D eigenvalue weighted by Crippen LogP contribution is 2.14. The highest BCUT2D eigenvalue weighted by Gasteiger charge is 2.18. The molecule has 0 bridgehead atoms. The van der Waals surface area contributed by atoms with E-state index >= 15 is 0 Å². The second-order valence-corrected chi connectivity index (χ2v) is 8.62. The minimum absolute atomic E-state index is 0.0219. The molecule has 2 N–H and O–H groups in total. The molecule has 0 amide bonds. The van der Waals surface area contributed by atoms with E-state index in [1.807, 2.05) is 0 Å². The molecule has 8 nitrogen and oxygen atoms in total. The van der Waals surface area contributed by atoms with Crippen molar-refractivity contribution in [1.82, 2.24) is 0 Å². The van der Waals surface area contributed by atoms with E-state index in [1.165, 1.54) is 7.11 Å². The number of hydrogen-bond donors (Lipinski definition) is 2. The van der Waals surface area contributed by atoms with Gasteiger partial charge in [0.15, 0.2) is 0 Å². The molecule has 0 saturated heterocycles. The monoisotopic (exact) mass is 504 g/mol. The molecule has 8 heteroatoms. The Labute approximate surface area is 213 Å². The molecule has 35 heavy (non-hydrogen) atoms. The molecule has 0 rings (SSSR count). The predicted molar refractivity (Wildman–Crippen MR) is 138 cm³/mol. The maximum absolute atomic E-state index is 11.1. The first-order chi connectivity index (χ1) is 17.2. The lowest BCUT2D eigenvalue weighted by Crippen LogP contribution is -2.30. The summed E-state index contributed by atoms with van der Waals surface area (Å²) in [7, 11) is 1.43. The number of aliphatic hydroxyl groups excluding tert-OH is 2. The minimum atomic E-state index is -0.469. The molecule has 0 saturated carbocycles. The van der Waals surface area contributed by atoms with Gasteiger partial charge in [-0.1, -0.05) is 57.6 Å². The Balaban J connectivity index is 3.97. The number of carbonyl (C=O) groups excluding carboxylic acids is 1. The molecule has 0 aromatic rings. The van der Waals surface area contributed by atoms with E-state index in [4.69, 9.17) is 24.1 Å². The molecule has 2 atom stereocenters. The molecule has 0 aromatic carbocycles. The van der Waals surface area contributed by atoms with Crippen molar-refractivity contribution in [3.05, 3.63) is 12.2 Å². The van der Waals surface area contributed by atoms with Crippen molar-refractivity contribution >= 4 is 5.97 Å². The number of methoxy groups -OCH3 is 1. The number of unbranched alkanes of at least 4 members (excludes halogenated alkanes) is 7. The SMILES string of the molecule is CCCCCC(O)C(C/C=C/CCCCCCCC(=O)OC)OCCOCCOCCOCCO. The zero-order valence-corrected chi connectivity index (χ0v) is 22.3. The van der Waals surface area contributed by atoms with E-state index in [1.54, 1.807) is 0 Å². The summed E-state index contributed by atoms with van der Waals surface area (Å²) in [5.41, 5.74) is 0. The van der Waals surface area contributed by atoms with Crippen LogP contribution in [-0.2, 0) is 28.5 Å². The van der Waals surface area contributed by atoms with E-state index < -0.39 is 6.10 Å². The fourth-order valence-corrected chi connectivity index (χ4v) is 3.50. The fraction of sp³-hybridized carbons (Fsp3) is 0.889. The van der Waals surface area contributed by atoms with Crippen molar-refractivity contribution in [3.8, 4) is 0 Å². The molecular formula is C27H52O8. The van der Waals surface area contributed by atoms with Crippen molar-refractivity contribution in [2.75, 3.05) is 60.0 Å². The molecule has 0 heterocycles. The van der Waals surface area contributed by atoms with Gasteiger partial charge in [0.05, 0.1) is 72.2 Å². The summed E-state index contributed by atoms with van der Waals surface area (Å²) in [5.74, 6) is -0.126. The Morgan fingerprint density at radius 3 is 2.09 bits per heavy atom. The quantitative estimate of drug-likeness (QED) is 0.0974. The van der Waals surface area contributed by atoms with Crippen LogP contribution in [-0.4, -0.2) is 88.4 Å². The Kier molecular flexibility index (Phi) is 26.7. The number of carbonyl (C=O) groups is 1. The molecule has 0 aliphatic carbocycles. The van der Waals surface area contributed by atoms with E-state index in [9.17, 15) is 9.90 Å². The molecule has 2 unspecified atom stereocenters. The lowest BCUT2D eigenvalue weighted by Gasteiger charge is -2.22. The molecular weight excluding hydrogens is 452 g/mol. The van der Waals surface area contributed by atoms with Crippen molar-refractivity contribution in [2.24, 2.45) is 0 Å². The zero-order chi connectivity index (χ0) is 25.8. The van der Waals surface area contributed by atoms with Crippen LogP contribution in [0.25, 0.3) is 0 Å². The van der Waals surface area contributed by atoms with Crippen LogP contribution in [0.3, 0.4) is 0 Å². The van der Waals surface area contributed by atoms with Crippen LogP contribution >= 0.6 is 0 Å². The lowest BCUT2D eigenvalue weighted by atomic mass is 10.0. The van der Waals surface area contributed by atoms with Crippen molar-refractivity contribution in [1.29, 1.82) is 0 Å². The molecule has 0 aliphatic heterocycles. The summed E-state index contributed by atoms with van der Waals surface area (Å²) in [4.78, 5) is 11.1. The van der Waals surface area contributed by atoms with Gasteiger partial charge < -0.3 is 33.9 Å². The number of ether oxygens (including phenoxy) is 5. The number of hydrogen-bond acceptors (Lipinski definition) is 8. The predicted octanol–water partition coefficient (Wildman–Crippen LogP) is 4.20. The highest BCUT2D eigenvalue weighted by molar-refractivity contribution is 5.68. The van der Waals surface area contributed by atoms with Crippen LogP contribution in [0.15, 0.2) is 12.2 Å². The van der Waals surface area contributed by atoms with Crippen LogP contribution in [0.1, 0.15) is 84.0 Å². The Morgan fingerprint density at radius 1 is 0.800 bits per heavy atom. The van der Waals surface area contributed by atoms with Crippen LogP contribution in [0.4, 0.5) is 0 Å². The summed E-state index contributed by atoms with van der Waals surface area (Å²) < 4.78 is 26.7. The second kappa shape index (κ2) is 27.6. The number of aliphatic hydroxyl groups is 2. The van der Waals surface area contributed by atoms with Gasteiger partial charge >= 0.3 is 5.97 Å². The van der Waals surface area contributed by atoms with Crippen LogP contribution in [0.2, 0.25) is 0 Å². The van der Waals surface area contributed by atoms with Crippen molar-refractivity contribution < 1.29 is 38.7 Å². The van der Waals surface area contributed by atoms with Gasteiger partial charge in [0, 0.05) is 6.42 Å². The van der Waals surface area contributed by atoms with Gasteiger partial charge in [-0.05, 0) is 32.1 Å². The summed E-state index contributed by atoms with van der Waals surface area (Å²) in [6, 6.07) is 0. The lowest BCUT2D eigenvalue weighted by molar-refractivity contribution is -0.140. The van der Waals surface area contributed by atoms with Gasteiger partial charge in [0.1, 0.15) is 0 Å². The first-order valence-corrected chi connectivity index (χ1v) is 13.5. The van der Waals surface area contributed by atoms with E-state index in [0.717, 1.165) is 64.2 Å². The molecule has 0 fully saturated rings. The van der Waals surface area contributed by atoms with Gasteiger partial charge in [-0.25, -0.2) is 0 Å². The molecule has 0 radical (unpaired) electrons. The Hall–Kier alpha value is -1.03. The second-order valence-electron chi connectivity index (χ2n) is 8.62. The summed E-state index contributed by atoms with van der Waals surface area (Å²) >= 11 is 0. The van der Waals surface area contributed by atoms with Gasteiger partial charge in [0.25, 0.3) is 0 Å². The smallest absolute Gasteiger partial charge is 0.305 e. The van der Waals surface area contributed by atoms with Crippen LogP contribution in [0.5, 0.6) is 0 Å². The third kappa shape index (κ3) is 24.4. The summed E-state index contributed by atoms with van der Waals surface area (Å²) in [6.45, 7) is 5.32. The maximum Gasteiger partial charge on any atom is 0.305 e. The van der Waals surface area contributed by atoms with Crippen molar-refractivity contribution in [2.45, 2.75) is 96.2 Å². The standard InChI is InChI=1S/C27H52O8/c1-3-4-11-14-25(29)26(35-24-23-34-22-21-33-20-19-32-18-17-28)15-12-9-7-5-6-8-10-13-16-27(30)31-2/h9,12,25-26,28-29H,3-8,10-11,13-24H2,1-2H3/b12-9+. The molecule has 0 aromatic heterocycles. The van der Waals surface area contributed by atoms with Gasteiger partial charge in [-0.2, -0.15) is 0 Å². The average Bonchev–Trinajstić information content (AvgIpc) is 2.86.